The number of carbonyl (C=O) groups is 4. The Morgan fingerprint density at radius 2 is 0.490 bits per heavy atom. The van der Waals surface area contributed by atoms with Crippen LogP contribution in [0.3, 0.4) is 0 Å². The average molecular weight is 1520 g/mol. The number of rotatable bonds is 84. The third kappa shape index (κ3) is 76.8. The van der Waals surface area contributed by atoms with Gasteiger partial charge in [0.25, 0.3) is 0 Å². The molecule has 0 rings (SSSR count). The lowest BCUT2D eigenvalue weighted by Gasteiger charge is -2.21. The monoisotopic (exact) mass is 1520 g/mol. The minimum absolute atomic E-state index is 0.107. The first-order valence-electron chi connectivity index (χ1n) is 44.0. The Morgan fingerprint density at radius 3 is 0.731 bits per heavy atom. The number of unbranched alkanes of at least 4 members (excludes halogenated alkanes) is 53. The van der Waals surface area contributed by atoms with Gasteiger partial charge in [-0.2, -0.15) is 0 Å². The molecule has 3 unspecified atom stereocenters. The predicted octanol–water partition coefficient (Wildman–Crippen LogP) is 25.8. The van der Waals surface area contributed by atoms with E-state index in [1.807, 2.05) is 0 Å². The van der Waals surface area contributed by atoms with Gasteiger partial charge in [0.05, 0.1) is 26.4 Å². The van der Waals surface area contributed by atoms with E-state index < -0.39 is 97.5 Å². The van der Waals surface area contributed by atoms with Crippen LogP contribution in [0.15, 0.2) is 0 Å². The molecule has 618 valence electrons. The molecule has 0 aromatic carbocycles. The molecule has 0 aliphatic rings. The van der Waals surface area contributed by atoms with Crippen molar-refractivity contribution in [1.82, 2.24) is 0 Å². The molecule has 0 radical (unpaired) electrons. The Hall–Kier alpha value is -1.94. The Labute approximate surface area is 638 Å². The summed E-state index contributed by atoms with van der Waals surface area (Å²) in [6.07, 6.45) is 68.2. The normalized spacial score (nSPS) is 14.1. The van der Waals surface area contributed by atoms with Crippen molar-refractivity contribution in [2.75, 3.05) is 39.6 Å². The van der Waals surface area contributed by atoms with Gasteiger partial charge >= 0.3 is 39.5 Å². The first-order chi connectivity index (χ1) is 50.4. The van der Waals surface area contributed by atoms with Crippen molar-refractivity contribution < 1.29 is 80.2 Å². The molecule has 19 heteroatoms. The molecular formula is C85H166O17P2. The highest BCUT2D eigenvalue weighted by molar-refractivity contribution is 7.47. The number of hydrogen-bond acceptors (Lipinski definition) is 15. The van der Waals surface area contributed by atoms with Gasteiger partial charge in [-0.3, -0.25) is 37.3 Å². The summed E-state index contributed by atoms with van der Waals surface area (Å²) in [6.45, 7) is 9.65. The summed E-state index contributed by atoms with van der Waals surface area (Å²) in [5.74, 6) is -0.555. The molecule has 0 aromatic rings. The van der Waals surface area contributed by atoms with Crippen molar-refractivity contribution in [3.05, 3.63) is 0 Å². The SMILES string of the molecule is CCCCCCCCCCCCCCCCCCCCC(=O)OC[C@H](COP(=O)(O)OC[C@@H](O)COP(=O)(O)OC[C@@H](COC(=O)CCCCCCCCC(C)C)OC(=O)CCCCCCCCCCCCCCCCC)OC(=O)CCCCCCCCCCCCCCCCCCCCC(C)CC. The second-order valence-electron chi connectivity index (χ2n) is 31.3. The first-order valence-corrected chi connectivity index (χ1v) is 47.0. The molecule has 0 bridgehead atoms. The molecule has 104 heavy (non-hydrogen) atoms. The number of ether oxygens (including phenoxy) is 4. The van der Waals surface area contributed by atoms with Gasteiger partial charge in [0.2, 0.25) is 0 Å². The summed E-state index contributed by atoms with van der Waals surface area (Å²) in [6, 6.07) is 0. The maximum Gasteiger partial charge on any atom is 0.472 e. The van der Waals surface area contributed by atoms with Crippen LogP contribution >= 0.6 is 15.6 Å². The zero-order valence-corrected chi connectivity index (χ0v) is 70.1. The van der Waals surface area contributed by atoms with Crippen LogP contribution in [-0.4, -0.2) is 96.7 Å². The Kier molecular flexibility index (Phi) is 75.0. The molecule has 3 N–H and O–H groups in total. The Balaban J connectivity index is 5.20. The van der Waals surface area contributed by atoms with Crippen molar-refractivity contribution >= 4 is 39.5 Å². The molecule has 6 atom stereocenters. The van der Waals surface area contributed by atoms with Crippen LogP contribution in [0, 0.1) is 11.8 Å². The summed E-state index contributed by atoms with van der Waals surface area (Å²) in [7, 11) is -9.92. The molecular weight excluding hydrogens is 1350 g/mol. The van der Waals surface area contributed by atoms with E-state index in [4.69, 9.17) is 37.0 Å². The largest absolute Gasteiger partial charge is 0.472 e. The van der Waals surface area contributed by atoms with E-state index in [-0.39, 0.29) is 25.7 Å². The molecule has 0 heterocycles. The quantitative estimate of drug-likeness (QED) is 0.0222. The molecule has 0 aliphatic heterocycles. The maximum absolute atomic E-state index is 13.1. The van der Waals surface area contributed by atoms with E-state index in [1.54, 1.807) is 0 Å². The van der Waals surface area contributed by atoms with Crippen LogP contribution < -0.4 is 0 Å². The molecule has 0 aromatic heterocycles. The lowest BCUT2D eigenvalue weighted by atomic mass is 9.99. The molecule has 0 amide bonds. The summed E-state index contributed by atoms with van der Waals surface area (Å²) < 4.78 is 68.8. The summed E-state index contributed by atoms with van der Waals surface area (Å²) in [5.41, 5.74) is 0. The van der Waals surface area contributed by atoms with Crippen LogP contribution in [0.25, 0.3) is 0 Å². The fourth-order valence-corrected chi connectivity index (χ4v) is 14.8. The molecule has 0 fully saturated rings. The van der Waals surface area contributed by atoms with Crippen molar-refractivity contribution in [2.45, 2.75) is 471 Å². The molecule has 0 spiro atoms. The van der Waals surface area contributed by atoms with Gasteiger partial charge in [0.15, 0.2) is 12.2 Å². The topological polar surface area (TPSA) is 237 Å². The minimum Gasteiger partial charge on any atom is -0.462 e. The van der Waals surface area contributed by atoms with E-state index in [0.29, 0.717) is 31.6 Å². The number of aliphatic hydroxyl groups excluding tert-OH is 1. The number of phosphoric acid groups is 2. The fraction of sp³-hybridized carbons (Fsp3) is 0.953. The minimum atomic E-state index is -4.96. The van der Waals surface area contributed by atoms with E-state index in [1.165, 1.54) is 263 Å². The Bertz CT molecular complexity index is 2000. The van der Waals surface area contributed by atoms with Gasteiger partial charge in [0.1, 0.15) is 19.3 Å². The first kappa shape index (κ1) is 102. The van der Waals surface area contributed by atoms with Crippen LogP contribution in [0.1, 0.15) is 452 Å². The van der Waals surface area contributed by atoms with Gasteiger partial charge < -0.3 is 33.8 Å². The van der Waals surface area contributed by atoms with Crippen molar-refractivity contribution in [3.63, 3.8) is 0 Å². The van der Waals surface area contributed by atoms with Gasteiger partial charge in [-0.1, -0.05) is 401 Å². The maximum atomic E-state index is 13.1. The highest BCUT2D eigenvalue weighted by atomic mass is 31.2. The number of esters is 4. The van der Waals surface area contributed by atoms with E-state index in [9.17, 15) is 43.2 Å². The van der Waals surface area contributed by atoms with E-state index >= 15 is 0 Å². The zero-order chi connectivity index (χ0) is 76.4. The van der Waals surface area contributed by atoms with Crippen LogP contribution in [-0.2, 0) is 65.4 Å². The smallest absolute Gasteiger partial charge is 0.462 e. The zero-order valence-electron chi connectivity index (χ0n) is 68.3. The standard InChI is InChI=1S/C85H166O17P2/c1-7-10-12-14-16-18-20-22-24-25-29-33-36-40-44-48-55-61-67-82(87)95-73-80(101-84(89)69-64-58-50-46-42-38-34-30-27-26-28-32-35-39-43-47-54-60-66-78(6)9-3)75-99-103(91,92)97-71-79(86)72-98-104(93,94)100-76-81(74-96-83(88)68-62-56-52-51-53-59-65-77(4)5)102-85(90)70-63-57-49-45-41-37-31-23-21-19-17-15-13-11-8-2/h77-81,86H,7-76H2,1-6H3,(H,91,92)(H,93,94)/t78?,79-,80-,81-/m1/s1. The fourth-order valence-electron chi connectivity index (χ4n) is 13.2. The number of phosphoric ester groups is 2. The van der Waals surface area contributed by atoms with Crippen molar-refractivity contribution in [2.24, 2.45) is 11.8 Å². The van der Waals surface area contributed by atoms with Crippen molar-refractivity contribution in [3.8, 4) is 0 Å². The Morgan fingerprint density at radius 1 is 0.279 bits per heavy atom. The predicted molar refractivity (Wildman–Crippen MR) is 428 cm³/mol. The number of hydrogen-bond donors (Lipinski definition) is 3. The molecule has 17 nitrogen and oxygen atoms in total. The summed E-state index contributed by atoms with van der Waals surface area (Å²) in [5, 5.41) is 10.7. The second kappa shape index (κ2) is 76.4. The van der Waals surface area contributed by atoms with E-state index in [2.05, 4.69) is 41.5 Å². The molecule has 0 saturated heterocycles. The average Bonchev–Trinajstić information content (AvgIpc) is 0.906. The number of aliphatic hydroxyl groups is 1. The summed E-state index contributed by atoms with van der Waals surface area (Å²) in [4.78, 5) is 73.1. The van der Waals surface area contributed by atoms with Crippen LogP contribution in [0.4, 0.5) is 0 Å². The third-order valence-electron chi connectivity index (χ3n) is 20.3. The second-order valence-corrected chi connectivity index (χ2v) is 34.2. The van der Waals surface area contributed by atoms with E-state index in [0.717, 1.165) is 102 Å². The van der Waals surface area contributed by atoms with Crippen LogP contribution in [0.5, 0.6) is 0 Å². The summed E-state index contributed by atoms with van der Waals surface area (Å²) >= 11 is 0. The lowest BCUT2D eigenvalue weighted by Crippen LogP contribution is -2.30. The molecule has 0 saturated carbocycles. The number of carbonyl (C=O) groups excluding carboxylic acids is 4. The van der Waals surface area contributed by atoms with Crippen molar-refractivity contribution in [1.29, 1.82) is 0 Å². The van der Waals surface area contributed by atoms with Gasteiger partial charge in [-0.25, -0.2) is 9.13 Å². The lowest BCUT2D eigenvalue weighted by molar-refractivity contribution is -0.161. The highest BCUT2D eigenvalue weighted by Gasteiger charge is 2.30. The highest BCUT2D eigenvalue weighted by Crippen LogP contribution is 2.45. The molecule has 0 aliphatic carbocycles. The third-order valence-corrected chi connectivity index (χ3v) is 22.2. The van der Waals surface area contributed by atoms with Gasteiger partial charge in [-0.15, -0.1) is 0 Å². The van der Waals surface area contributed by atoms with Gasteiger partial charge in [0, 0.05) is 25.7 Å². The van der Waals surface area contributed by atoms with Gasteiger partial charge in [-0.05, 0) is 37.5 Å². The van der Waals surface area contributed by atoms with Crippen LogP contribution in [0.2, 0.25) is 0 Å².